The number of benzene rings is 2. The number of nitrogens with one attached hydrogen (secondary N) is 1. The van der Waals surface area contributed by atoms with Gasteiger partial charge in [0.15, 0.2) is 0 Å². The SMILES string of the molecule is CC[C@H](C(=O)Nc1ccc(N2CCCN(C(=O)c3ccccc3Cl)CC2)nc1)c1ccccc1. The van der Waals surface area contributed by atoms with Gasteiger partial charge in [-0.05, 0) is 42.7 Å². The van der Waals surface area contributed by atoms with Crippen LogP contribution in [0.25, 0.3) is 0 Å². The number of carbonyl (C=O) groups is 2. The molecule has 1 aliphatic heterocycles. The van der Waals surface area contributed by atoms with Crippen LogP contribution in [0.2, 0.25) is 5.02 Å². The number of anilines is 2. The van der Waals surface area contributed by atoms with Crippen molar-refractivity contribution in [3.8, 4) is 0 Å². The second-order valence-electron chi connectivity index (χ2n) is 8.38. The summed E-state index contributed by atoms with van der Waals surface area (Å²) in [6.07, 6.45) is 3.26. The summed E-state index contributed by atoms with van der Waals surface area (Å²) in [4.78, 5) is 34.3. The van der Waals surface area contributed by atoms with Gasteiger partial charge in [-0.15, -0.1) is 0 Å². The molecule has 7 heteroatoms. The minimum absolute atomic E-state index is 0.0354. The van der Waals surface area contributed by atoms with Crippen molar-refractivity contribution in [2.75, 3.05) is 36.4 Å². The highest BCUT2D eigenvalue weighted by Crippen LogP contribution is 2.23. The van der Waals surface area contributed by atoms with E-state index in [4.69, 9.17) is 11.6 Å². The van der Waals surface area contributed by atoms with E-state index in [9.17, 15) is 9.59 Å². The van der Waals surface area contributed by atoms with E-state index in [0.29, 0.717) is 35.9 Å². The van der Waals surface area contributed by atoms with Gasteiger partial charge in [0, 0.05) is 26.2 Å². The van der Waals surface area contributed by atoms with E-state index < -0.39 is 0 Å². The highest BCUT2D eigenvalue weighted by molar-refractivity contribution is 6.33. The van der Waals surface area contributed by atoms with Crippen molar-refractivity contribution in [2.24, 2.45) is 0 Å². The number of aromatic nitrogens is 1. The molecule has 1 aliphatic rings. The molecule has 2 aromatic carbocycles. The molecule has 1 fully saturated rings. The molecule has 0 radical (unpaired) electrons. The molecule has 2 heterocycles. The molecule has 1 saturated heterocycles. The fraction of sp³-hybridized carbons (Fsp3) is 0.296. The van der Waals surface area contributed by atoms with Crippen molar-refractivity contribution in [1.82, 2.24) is 9.88 Å². The number of carbonyl (C=O) groups excluding carboxylic acids is 2. The molecule has 0 unspecified atom stereocenters. The molecule has 1 atom stereocenters. The van der Waals surface area contributed by atoms with E-state index in [1.165, 1.54) is 0 Å². The third-order valence-electron chi connectivity index (χ3n) is 6.15. The first-order valence-corrected chi connectivity index (χ1v) is 12.0. The lowest BCUT2D eigenvalue weighted by molar-refractivity contribution is -0.117. The lowest BCUT2D eigenvalue weighted by Crippen LogP contribution is -2.35. The van der Waals surface area contributed by atoms with Crippen LogP contribution in [0.1, 0.15) is 41.6 Å². The maximum Gasteiger partial charge on any atom is 0.255 e. The monoisotopic (exact) mass is 476 g/mol. The highest BCUT2D eigenvalue weighted by atomic mass is 35.5. The summed E-state index contributed by atoms with van der Waals surface area (Å²) in [6, 6.07) is 20.8. The predicted molar refractivity (Wildman–Crippen MR) is 137 cm³/mol. The molecular formula is C27H29ClN4O2. The minimum Gasteiger partial charge on any atom is -0.355 e. The number of pyridine rings is 1. The number of hydrogen-bond donors (Lipinski definition) is 1. The lowest BCUT2D eigenvalue weighted by Gasteiger charge is -2.23. The summed E-state index contributed by atoms with van der Waals surface area (Å²) >= 11 is 6.22. The van der Waals surface area contributed by atoms with Crippen LogP contribution < -0.4 is 10.2 Å². The number of halogens is 1. The molecule has 176 valence electrons. The van der Waals surface area contributed by atoms with E-state index in [-0.39, 0.29) is 17.7 Å². The zero-order valence-corrected chi connectivity index (χ0v) is 20.0. The van der Waals surface area contributed by atoms with Crippen LogP contribution >= 0.6 is 11.6 Å². The standard InChI is InChI=1S/C27H29ClN4O2/c1-2-22(20-9-4-3-5-10-20)26(33)30-21-13-14-25(29-19-21)31-15-8-16-32(18-17-31)27(34)23-11-6-7-12-24(23)28/h3-7,9-14,19,22H,2,8,15-18H2,1H3,(H,30,33)/t22-/m0/s1. The topological polar surface area (TPSA) is 65.5 Å². The zero-order chi connectivity index (χ0) is 23.9. The Kier molecular flexibility index (Phi) is 7.80. The molecule has 34 heavy (non-hydrogen) atoms. The molecule has 2 amide bonds. The maximum atomic E-state index is 12.9. The van der Waals surface area contributed by atoms with Gasteiger partial charge in [-0.2, -0.15) is 0 Å². The van der Waals surface area contributed by atoms with E-state index in [0.717, 1.165) is 30.8 Å². The Morgan fingerprint density at radius 2 is 1.74 bits per heavy atom. The Hall–Kier alpha value is -3.38. The van der Waals surface area contributed by atoms with Crippen LogP contribution in [0.3, 0.4) is 0 Å². The molecule has 1 N–H and O–H groups in total. The van der Waals surface area contributed by atoms with Gasteiger partial charge in [0.05, 0.1) is 28.4 Å². The van der Waals surface area contributed by atoms with Crippen LogP contribution in [0.4, 0.5) is 11.5 Å². The lowest BCUT2D eigenvalue weighted by atomic mass is 9.95. The van der Waals surface area contributed by atoms with Crippen LogP contribution in [0.5, 0.6) is 0 Å². The van der Waals surface area contributed by atoms with E-state index in [2.05, 4.69) is 15.2 Å². The van der Waals surface area contributed by atoms with Crippen LogP contribution in [-0.4, -0.2) is 47.9 Å². The molecule has 3 aromatic rings. The Morgan fingerprint density at radius 1 is 0.971 bits per heavy atom. The van der Waals surface area contributed by atoms with Gasteiger partial charge < -0.3 is 15.1 Å². The van der Waals surface area contributed by atoms with Crippen molar-refractivity contribution in [2.45, 2.75) is 25.7 Å². The minimum atomic E-state index is -0.201. The molecule has 1 aromatic heterocycles. The highest BCUT2D eigenvalue weighted by Gasteiger charge is 2.23. The van der Waals surface area contributed by atoms with Crippen molar-refractivity contribution in [3.05, 3.63) is 89.1 Å². The number of hydrogen-bond acceptors (Lipinski definition) is 4. The molecule has 0 saturated carbocycles. The van der Waals surface area contributed by atoms with Gasteiger partial charge in [0.1, 0.15) is 5.82 Å². The summed E-state index contributed by atoms with van der Waals surface area (Å²) in [5, 5.41) is 3.47. The Labute approximate surface area is 205 Å². The van der Waals surface area contributed by atoms with Crippen molar-refractivity contribution < 1.29 is 9.59 Å². The Balaban J connectivity index is 1.37. The number of nitrogens with zero attached hydrogens (tertiary/aromatic N) is 3. The van der Waals surface area contributed by atoms with Crippen molar-refractivity contribution in [1.29, 1.82) is 0 Å². The average molecular weight is 477 g/mol. The Morgan fingerprint density at radius 3 is 2.44 bits per heavy atom. The normalized spacial score (nSPS) is 14.9. The fourth-order valence-corrected chi connectivity index (χ4v) is 4.51. The molecule has 0 spiro atoms. The third-order valence-corrected chi connectivity index (χ3v) is 6.48. The molecule has 0 aliphatic carbocycles. The largest absolute Gasteiger partial charge is 0.355 e. The zero-order valence-electron chi connectivity index (χ0n) is 19.3. The van der Waals surface area contributed by atoms with Gasteiger partial charge in [0.25, 0.3) is 5.91 Å². The maximum absolute atomic E-state index is 12.9. The fourth-order valence-electron chi connectivity index (χ4n) is 4.29. The van der Waals surface area contributed by atoms with E-state index >= 15 is 0 Å². The summed E-state index contributed by atoms with van der Waals surface area (Å²) in [7, 11) is 0. The number of rotatable bonds is 6. The summed E-state index contributed by atoms with van der Waals surface area (Å²) < 4.78 is 0. The van der Waals surface area contributed by atoms with Gasteiger partial charge in [-0.1, -0.05) is 61.0 Å². The van der Waals surface area contributed by atoms with Gasteiger partial charge >= 0.3 is 0 Å². The molecular weight excluding hydrogens is 448 g/mol. The summed E-state index contributed by atoms with van der Waals surface area (Å²) in [5.74, 6) is 0.558. The average Bonchev–Trinajstić information content (AvgIpc) is 3.12. The van der Waals surface area contributed by atoms with Crippen LogP contribution in [0, 0.1) is 0 Å². The van der Waals surface area contributed by atoms with Gasteiger partial charge in [0.2, 0.25) is 5.91 Å². The smallest absolute Gasteiger partial charge is 0.255 e. The van der Waals surface area contributed by atoms with Crippen molar-refractivity contribution in [3.63, 3.8) is 0 Å². The summed E-state index contributed by atoms with van der Waals surface area (Å²) in [5.41, 5.74) is 2.22. The van der Waals surface area contributed by atoms with E-state index in [1.54, 1.807) is 18.3 Å². The first kappa shape index (κ1) is 23.8. The summed E-state index contributed by atoms with van der Waals surface area (Å²) in [6.45, 7) is 4.77. The molecule has 4 rings (SSSR count). The first-order chi connectivity index (χ1) is 16.6. The third kappa shape index (κ3) is 5.57. The second-order valence-corrected chi connectivity index (χ2v) is 8.79. The first-order valence-electron chi connectivity index (χ1n) is 11.7. The molecule has 0 bridgehead atoms. The second kappa shape index (κ2) is 11.2. The van der Waals surface area contributed by atoms with E-state index in [1.807, 2.05) is 66.4 Å². The van der Waals surface area contributed by atoms with Gasteiger partial charge in [-0.25, -0.2) is 4.98 Å². The number of amides is 2. The van der Waals surface area contributed by atoms with Crippen molar-refractivity contribution >= 4 is 34.9 Å². The Bertz CT molecular complexity index is 1120. The van der Waals surface area contributed by atoms with Crippen LogP contribution in [-0.2, 0) is 4.79 Å². The predicted octanol–water partition coefficient (Wildman–Crippen LogP) is 5.22. The van der Waals surface area contributed by atoms with Crippen LogP contribution in [0.15, 0.2) is 72.9 Å². The van der Waals surface area contributed by atoms with Gasteiger partial charge in [-0.3, -0.25) is 9.59 Å². The molecule has 6 nitrogen and oxygen atoms in total. The quantitative estimate of drug-likeness (QED) is 0.529.